The molecule has 0 aliphatic heterocycles. The van der Waals surface area contributed by atoms with Crippen molar-refractivity contribution in [3.8, 4) is 0 Å². The monoisotopic (exact) mass is 289 g/mol. The lowest BCUT2D eigenvalue weighted by molar-refractivity contribution is -0.137. The van der Waals surface area contributed by atoms with Gasteiger partial charge in [0.1, 0.15) is 0 Å². The van der Waals surface area contributed by atoms with Crippen molar-refractivity contribution >= 4 is 5.97 Å². The Labute approximate surface area is 125 Å². The van der Waals surface area contributed by atoms with E-state index in [1.54, 1.807) is 0 Å². The van der Waals surface area contributed by atoms with Gasteiger partial charge in [-0.15, -0.1) is 0 Å². The third kappa shape index (κ3) is 17.2. The van der Waals surface area contributed by atoms with Crippen LogP contribution in [-0.4, -0.2) is 11.1 Å². The van der Waals surface area contributed by atoms with Crippen molar-refractivity contribution in [3.05, 3.63) is 12.2 Å². The van der Waals surface area contributed by atoms with E-state index in [2.05, 4.69) is 19.1 Å². The number of aliphatic carboxylic acids is 1. The summed E-state index contributed by atoms with van der Waals surface area (Å²) in [6, 6.07) is 0. The van der Waals surface area contributed by atoms with E-state index in [9.17, 15) is 4.79 Å². The van der Waals surface area contributed by atoms with Gasteiger partial charge in [-0.2, -0.15) is 0 Å². The van der Waals surface area contributed by atoms with Crippen LogP contribution in [0.25, 0.3) is 0 Å². The fourth-order valence-corrected chi connectivity index (χ4v) is 2.35. The highest BCUT2D eigenvalue weighted by Gasteiger charge is 1.95. The minimum Gasteiger partial charge on any atom is -0.481 e. The molecule has 0 atom stereocenters. The molecule has 0 aromatic rings. The van der Waals surface area contributed by atoms with Gasteiger partial charge in [-0.3, -0.25) is 4.79 Å². The van der Waals surface area contributed by atoms with Gasteiger partial charge < -0.3 is 5.11 Å². The van der Waals surface area contributed by atoms with Crippen LogP contribution in [0.15, 0.2) is 12.2 Å². The molecule has 2 nitrogen and oxygen atoms in total. The van der Waals surface area contributed by atoms with E-state index in [0.717, 1.165) is 12.8 Å². The first-order chi connectivity index (χ1) is 9.77. The molecule has 0 aliphatic rings. The van der Waals surface area contributed by atoms with Crippen molar-refractivity contribution in [3.63, 3.8) is 0 Å². The highest BCUT2D eigenvalue weighted by Crippen LogP contribution is 2.09. The van der Waals surface area contributed by atoms with Crippen LogP contribution in [0.4, 0.5) is 0 Å². The van der Waals surface area contributed by atoms with Gasteiger partial charge in [-0.25, -0.2) is 0 Å². The van der Waals surface area contributed by atoms with Crippen molar-refractivity contribution in [1.82, 2.24) is 0 Å². The predicted molar refractivity (Wildman–Crippen MR) is 87.1 cm³/mol. The first-order valence-corrected chi connectivity index (χ1v) is 8.64. The zero-order chi connectivity index (χ0) is 14.9. The summed E-state index contributed by atoms with van der Waals surface area (Å²) in [6.45, 7) is 2.26. The second-order valence-electron chi connectivity index (χ2n) is 5.73. The average Bonchev–Trinajstić information content (AvgIpc) is 2.43. The molecular weight excluding hydrogens is 255 g/mol. The van der Waals surface area contributed by atoms with Crippen LogP contribution in [0.2, 0.25) is 0 Å². The second kappa shape index (κ2) is 16.3. The molecule has 0 heterocycles. The second-order valence-corrected chi connectivity index (χ2v) is 5.73. The third-order valence-electron chi connectivity index (χ3n) is 3.65. The standard InChI is InChI=1S/C18H34O2/c1-2-3-4-5-6-7-8-9-10-11-12-13-14-15-16-17-18(19)20/h9-10H,2-8,11-17H2,1H3,(H,19,20)/b10-9+/i9+1,10+1,11+1,12+1,16+1,17+1,18+1. The lowest BCUT2D eigenvalue weighted by Gasteiger charge is -1.99. The average molecular weight is 289 g/mol. The van der Waals surface area contributed by atoms with Crippen molar-refractivity contribution in [1.29, 1.82) is 0 Å². The Bertz CT molecular complexity index is 234. The number of carboxylic acids is 1. The van der Waals surface area contributed by atoms with Crippen LogP contribution in [0.5, 0.6) is 0 Å². The zero-order valence-electron chi connectivity index (χ0n) is 13.4. The van der Waals surface area contributed by atoms with Crippen molar-refractivity contribution < 1.29 is 9.90 Å². The summed E-state index contributed by atoms with van der Waals surface area (Å²) in [5, 5.41) is 8.51. The third-order valence-corrected chi connectivity index (χ3v) is 3.65. The van der Waals surface area contributed by atoms with Crippen molar-refractivity contribution in [2.45, 2.75) is 96.8 Å². The summed E-state index contributed by atoms with van der Waals surface area (Å²) < 4.78 is 0. The molecule has 0 saturated heterocycles. The molecule has 20 heavy (non-hydrogen) atoms. The number of rotatable bonds is 15. The minimum atomic E-state index is -0.664. The van der Waals surface area contributed by atoms with E-state index < -0.39 is 5.97 Å². The molecule has 0 unspecified atom stereocenters. The predicted octanol–water partition coefficient (Wildman–Crippen LogP) is 6.11. The Kier molecular flexibility index (Phi) is 15.6. The molecule has 0 aromatic carbocycles. The molecule has 0 amide bonds. The maximum absolute atomic E-state index is 10.3. The van der Waals surface area contributed by atoms with Gasteiger partial charge in [0.15, 0.2) is 0 Å². The Morgan fingerprint density at radius 2 is 1.20 bits per heavy atom. The van der Waals surface area contributed by atoms with Crippen LogP contribution in [0.1, 0.15) is 96.8 Å². The number of carbonyl (C=O) groups is 1. The number of carboxylic acid groups (broad SMARTS) is 1. The summed E-state index contributed by atoms with van der Waals surface area (Å²) in [6.07, 6.45) is 21.2. The Morgan fingerprint density at radius 1 is 0.750 bits per heavy atom. The molecule has 0 saturated carbocycles. The van der Waals surface area contributed by atoms with Gasteiger partial charge in [0.2, 0.25) is 0 Å². The molecule has 0 bridgehead atoms. The van der Waals surface area contributed by atoms with Crippen molar-refractivity contribution in [2.24, 2.45) is 0 Å². The minimum absolute atomic E-state index is 0.332. The number of hydrogen-bond acceptors (Lipinski definition) is 1. The number of allylic oxidation sites excluding steroid dienone is 2. The summed E-state index contributed by atoms with van der Waals surface area (Å²) in [5.74, 6) is -0.664. The van der Waals surface area contributed by atoms with Gasteiger partial charge in [0, 0.05) is 6.42 Å². The van der Waals surface area contributed by atoms with E-state index in [4.69, 9.17) is 5.11 Å². The van der Waals surface area contributed by atoms with Crippen LogP contribution in [-0.2, 0) is 4.79 Å². The number of hydrogen-bond donors (Lipinski definition) is 1. The van der Waals surface area contributed by atoms with Gasteiger partial charge in [0.05, 0.1) is 0 Å². The van der Waals surface area contributed by atoms with E-state index in [0.29, 0.717) is 6.42 Å². The van der Waals surface area contributed by atoms with Gasteiger partial charge in [-0.1, -0.05) is 70.4 Å². The topological polar surface area (TPSA) is 37.3 Å². The lowest BCUT2D eigenvalue weighted by Crippen LogP contribution is -1.93. The molecule has 0 fully saturated rings. The fourth-order valence-electron chi connectivity index (χ4n) is 2.35. The van der Waals surface area contributed by atoms with Gasteiger partial charge in [0.25, 0.3) is 0 Å². The van der Waals surface area contributed by atoms with Crippen LogP contribution < -0.4 is 0 Å². The van der Waals surface area contributed by atoms with Crippen LogP contribution >= 0.6 is 0 Å². The molecule has 0 aliphatic carbocycles. The SMILES string of the molecule is CCCCCCCC/[13CH]=[13CH]/[13CH2][13CH2]CCC[13CH2][13CH2][13C](=O)O. The van der Waals surface area contributed by atoms with Gasteiger partial charge >= 0.3 is 5.97 Å². The smallest absolute Gasteiger partial charge is 0.303 e. The summed E-state index contributed by atoms with van der Waals surface area (Å²) in [4.78, 5) is 10.3. The Hall–Kier alpha value is -0.790. The summed E-state index contributed by atoms with van der Waals surface area (Å²) in [7, 11) is 0. The maximum Gasteiger partial charge on any atom is 0.303 e. The number of unbranched alkanes of at least 4 members (excludes halogenated alkanes) is 11. The highest BCUT2D eigenvalue weighted by atomic mass is 16.5. The van der Waals surface area contributed by atoms with E-state index in [1.807, 2.05) is 0 Å². The van der Waals surface area contributed by atoms with Crippen LogP contribution in [0.3, 0.4) is 0 Å². The lowest BCUT2D eigenvalue weighted by atomic mass is 10.1. The normalized spacial score (nSPS) is 11.2. The molecule has 2 heteroatoms. The molecule has 118 valence electrons. The quantitative estimate of drug-likeness (QED) is 0.224. The summed E-state index contributed by atoms with van der Waals surface area (Å²) >= 11 is 0. The first-order valence-electron chi connectivity index (χ1n) is 8.64. The maximum atomic E-state index is 10.3. The molecule has 0 radical (unpaired) electrons. The molecule has 0 aromatic heterocycles. The van der Waals surface area contributed by atoms with E-state index in [1.165, 1.54) is 70.6 Å². The molecule has 0 spiro atoms. The van der Waals surface area contributed by atoms with E-state index >= 15 is 0 Å². The molecular formula is C18H34O2. The first kappa shape index (κ1) is 19.2. The Balaban J connectivity index is 3.07. The zero-order valence-corrected chi connectivity index (χ0v) is 13.4. The highest BCUT2D eigenvalue weighted by molar-refractivity contribution is 5.66. The Morgan fingerprint density at radius 3 is 1.70 bits per heavy atom. The fraction of sp³-hybridized carbons (Fsp3) is 0.833. The largest absolute Gasteiger partial charge is 0.481 e. The van der Waals surface area contributed by atoms with Gasteiger partial charge in [-0.05, 0) is 32.1 Å². The van der Waals surface area contributed by atoms with E-state index in [-0.39, 0.29) is 0 Å². The molecule has 0 rings (SSSR count). The van der Waals surface area contributed by atoms with Crippen LogP contribution in [0, 0.1) is 0 Å². The summed E-state index contributed by atoms with van der Waals surface area (Å²) in [5.41, 5.74) is 0. The van der Waals surface area contributed by atoms with Crippen molar-refractivity contribution in [2.75, 3.05) is 0 Å². The molecule has 1 N–H and O–H groups in total.